The summed E-state index contributed by atoms with van der Waals surface area (Å²) in [5, 5.41) is 3.48. The minimum atomic E-state index is -0.140. The van der Waals surface area contributed by atoms with Crippen LogP contribution in [0.15, 0.2) is 18.2 Å². The SMILES string of the molecule is CCNC(CCN(C)C)Cc1cc(F)ccc1C. The van der Waals surface area contributed by atoms with Crippen LogP contribution >= 0.6 is 0 Å². The minimum absolute atomic E-state index is 0.140. The highest BCUT2D eigenvalue weighted by molar-refractivity contribution is 5.27. The minimum Gasteiger partial charge on any atom is -0.314 e. The molecule has 0 spiro atoms. The Balaban J connectivity index is 2.66. The third kappa shape index (κ3) is 5.15. The van der Waals surface area contributed by atoms with Gasteiger partial charge in [-0.2, -0.15) is 0 Å². The zero-order valence-corrected chi connectivity index (χ0v) is 12.0. The van der Waals surface area contributed by atoms with Crippen molar-refractivity contribution in [1.82, 2.24) is 10.2 Å². The second-order valence-electron chi connectivity index (χ2n) is 5.12. The summed E-state index contributed by atoms with van der Waals surface area (Å²) in [6.07, 6.45) is 1.97. The first-order chi connectivity index (χ1) is 8.52. The van der Waals surface area contributed by atoms with E-state index < -0.39 is 0 Å². The maximum Gasteiger partial charge on any atom is 0.123 e. The van der Waals surface area contributed by atoms with E-state index in [2.05, 4.69) is 31.2 Å². The second-order valence-corrected chi connectivity index (χ2v) is 5.12. The van der Waals surface area contributed by atoms with Crippen LogP contribution in [-0.2, 0) is 6.42 Å². The summed E-state index contributed by atoms with van der Waals surface area (Å²) in [4.78, 5) is 2.18. The third-order valence-corrected chi connectivity index (χ3v) is 3.20. The maximum atomic E-state index is 13.3. The highest BCUT2D eigenvalue weighted by Gasteiger charge is 2.11. The van der Waals surface area contributed by atoms with E-state index in [9.17, 15) is 4.39 Å². The molecule has 102 valence electrons. The molecule has 1 rings (SSSR count). The van der Waals surface area contributed by atoms with E-state index in [4.69, 9.17) is 0 Å². The van der Waals surface area contributed by atoms with Crippen LogP contribution in [0, 0.1) is 12.7 Å². The highest BCUT2D eigenvalue weighted by Crippen LogP contribution is 2.14. The van der Waals surface area contributed by atoms with Crippen molar-refractivity contribution in [1.29, 1.82) is 0 Å². The first kappa shape index (κ1) is 15.1. The van der Waals surface area contributed by atoms with Gasteiger partial charge in [0.2, 0.25) is 0 Å². The van der Waals surface area contributed by atoms with Crippen molar-refractivity contribution >= 4 is 0 Å². The largest absolute Gasteiger partial charge is 0.314 e. The average Bonchev–Trinajstić information content (AvgIpc) is 2.31. The van der Waals surface area contributed by atoms with E-state index in [-0.39, 0.29) is 5.82 Å². The maximum absolute atomic E-state index is 13.3. The van der Waals surface area contributed by atoms with Gasteiger partial charge in [-0.15, -0.1) is 0 Å². The van der Waals surface area contributed by atoms with Crippen LogP contribution in [0.25, 0.3) is 0 Å². The fraction of sp³-hybridized carbons (Fsp3) is 0.600. The zero-order chi connectivity index (χ0) is 13.5. The number of likely N-dealkylation sites (N-methyl/N-ethyl adjacent to an activating group) is 1. The van der Waals surface area contributed by atoms with Crippen LogP contribution in [0.4, 0.5) is 4.39 Å². The van der Waals surface area contributed by atoms with E-state index in [1.165, 1.54) is 11.6 Å². The number of rotatable bonds is 7. The molecule has 0 heterocycles. The van der Waals surface area contributed by atoms with Gasteiger partial charge in [0, 0.05) is 6.04 Å². The Morgan fingerprint density at radius 1 is 1.33 bits per heavy atom. The fourth-order valence-electron chi connectivity index (χ4n) is 2.10. The molecule has 1 unspecified atom stereocenters. The Kier molecular flexibility index (Phi) is 6.30. The Morgan fingerprint density at radius 3 is 2.67 bits per heavy atom. The lowest BCUT2D eigenvalue weighted by atomic mass is 9.99. The van der Waals surface area contributed by atoms with Crippen LogP contribution in [0.1, 0.15) is 24.5 Å². The van der Waals surface area contributed by atoms with Crippen molar-refractivity contribution in [2.75, 3.05) is 27.2 Å². The van der Waals surface area contributed by atoms with Gasteiger partial charge < -0.3 is 10.2 Å². The van der Waals surface area contributed by atoms with Crippen molar-refractivity contribution in [3.8, 4) is 0 Å². The van der Waals surface area contributed by atoms with Gasteiger partial charge in [-0.1, -0.05) is 13.0 Å². The molecule has 0 aliphatic carbocycles. The summed E-state index contributed by atoms with van der Waals surface area (Å²) in [6.45, 7) is 6.16. The molecule has 18 heavy (non-hydrogen) atoms. The number of hydrogen-bond donors (Lipinski definition) is 1. The van der Waals surface area contributed by atoms with E-state index in [0.29, 0.717) is 6.04 Å². The Labute approximate surface area is 110 Å². The highest BCUT2D eigenvalue weighted by atomic mass is 19.1. The predicted molar refractivity (Wildman–Crippen MR) is 75.5 cm³/mol. The lowest BCUT2D eigenvalue weighted by Gasteiger charge is -2.21. The van der Waals surface area contributed by atoms with Crippen molar-refractivity contribution in [3.05, 3.63) is 35.1 Å². The zero-order valence-electron chi connectivity index (χ0n) is 12.0. The van der Waals surface area contributed by atoms with Crippen molar-refractivity contribution < 1.29 is 4.39 Å². The number of nitrogens with one attached hydrogen (secondary N) is 1. The topological polar surface area (TPSA) is 15.3 Å². The molecule has 1 aromatic rings. The van der Waals surface area contributed by atoms with Gasteiger partial charge in [0.1, 0.15) is 5.82 Å². The van der Waals surface area contributed by atoms with Gasteiger partial charge in [0.25, 0.3) is 0 Å². The Bertz CT molecular complexity index is 364. The predicted octanol–water partition coefficient (Wildman–Crippen LogP) is 2.61. The van der Waals surface area contributed by atoms with Crippen molar-refractivity contribution in [2.45, 2.75) is 32.7 Å². The first-order valence-electron chi connectivity index (χ1n) is 6.66. The van der Waals surface area contributed by atoms with Crippen LogP contribution in [-0.4, -0.2) is 38.1 Å². The summed E-state index contributed by atoms with van der Waals surface area (Å²) in [5.74, 6) is -0.140. The van der Waals surface area contributed by atoms with Gasteiger partial charge in [0.05, 0.1) is 0 Å². The molecule has 0 saturated heterocycles. The summed E-state index contributed by atoms with van der Waals surface area (Å²) >= 11 is 0. The van der Waals surface area contributed by atoms with Crippen molar-refractivity contribution in [3.63, 3.8) is 0 Å². The lowest BCUT2D eigenvalue weighted by Crippen LogP contribution is -2.34. The number of benzene rings is 1. The van der Waals surface area contributed by atoms with E-state index >= 15 is 0 Å². The monoisotopic (exact) mass is 252 g/mol. The molecule has 1 aromatic carbocycles. The van der Waals surface area contributed by atoms with Gasteiger partial charge in [-0.25, -0.2) is 4.39 Å². The molecule has 0 aromatic heterocycles. The molecule has 0 aliphatic heterocycles. The molecule has 0 radical (unpaired) electrons. The fourth-order valence-corrected chi connectivity index (χ4v) is 2.10. The normalized spacial score (nSPS) is 13.0. The quantitative estimate of drug-likeness (QED) is 0.802. The van der Waals surface area contributed by atoms with Gasteiger partial charge in [-0.3, -0.25) is 0 Å². The van der Waals surface area contributed by atoms with Crippen LogP contribution in [0.3, 0.4) is 0 Å². The molecule has 0 saturated carbocycles. The second kappa shape index (κ2) is 7.49. The molecule has 0 amide bonds. The number of halogens is 1. The van der Waals surface area contributed by atoms with Crippen molar-refractivity contribution in [2.24, 2.45) is 0 Å². The van der Waals surface area contributed by atoms with Crippen LogP contribution in [0.2, 0.25) is 0 Å². The molecular formula is C15H25FN2. The van der Waals surface area contributed by atoms with E-state index in [1.54, 1.807) is 6.07 Å². The number of hydrogen-bond acceptors (Lipinski definition) is 2. The molecule has 2 nitrogen and oxygen atoms in total. The summed E-state index contributed by atoms with van der Waals surface area (Å²) in [6, 6.07) is 5.47. The molecular weight excluding hydrogens is 227 g/mol. The molecule has 3 heteroatoms. The number of nitrogens with zero attached hydrogens (tertiary/aromatic N) is 1. The van der Waals surface area contributed by atoms with Crippen LogP contribution < -0.4 is 5.32 Å². The molecule has 1 N–H and O–H groups in total. The van der Waals surface area contributed by atoms with E-state index in [0.717, 1.165) is 31.5 Å². The average molecular weight is 252 g/mol. The Hall–Kier alpha value is -0.930. The third-order valence-electron chi connectivity index (χ3n) is 3.20. The first-order valence-corrected chi connectivity index (χ1v) is 6.66. The van der Waals surface area contributed by atoms with Gasteiger partial charge in [0.15, 0.2) is 0 Å². The molecule has 1 atom stereocenters. The van der Waals surface area contributed by atoms with Gasteiger partial charge >= 0.3 is 0 Å². The lowest BCUT2D eigenvalue weighted by molar-refractivity contribution is 0.358. The summed E-state index contributed by atoms with van der Waals surface area (Å²) < 4.78 is 13.3. The summed E-state index contributed by atoms with van der Waals surface area (Å²) in [7, 11) is 4.16. The molecule has 0 aliphatic rings. The standard InChI is InChI=1S/C15H25FN2/c1-5-17-15(8-9-18(3)4)11-13-10-14(16)7-6-12(13)2/h6-7,10,15,17H,5,8-9,11H2,1-4H3. The smallest absolute Gasteiger partial charge is 0.123 e. The number of aryl methyl sites for hydroxylation is 1. The van der Waals surface area contributed by atoms with Gasteiger partial charge in [-0.05, 0) is 70.2 Å². The summed E-state index contributed by atoms with van der Waals surface area (Å²) in [5.41, 5.74) is 2.28. The molecule has 0 fully saturated rings. The Morgan fingerprint density at radius 2 is 2.06 bits per heavy atom. The molecule has 0 bridgehead atoms. The van der Waals surface area contributed by atoms with E-state index in [1.807, 2.05) is 13.0 Å². The van der Waals surface area contributed by atoms with Crippen LogP contribution in [0.5, 0.6) is 0 Å².